The topological polar surface area (TPSA) is 12.4 Å². The molecule has 104 valence electrons. The van der Waals surface area contributed by atoms with E-state index >= 15 is 0 Å². The van der Waals surface area contributed by atoms with Gasteiger partial charge in [-0.3, -0.25) is 4.99 Å². The Morgan fingerprint density at radius 1 is 1.06 bits per heavy atom. The summed E-state index contributed by atoms with van der Waals surface area (Å²) in [6.45, 7) is 6.75. The summed E-state index contributed by atoms with van der Waals surface area (Å²) in [4.78, 5) is 4.38. The molecule has 0 fully saturated rings. The minimum atomic E-state index is 0.583. The van der Waals surface area contributed by atoms with Crippen LogP contribution >= 0.6 is 0 Å². The van der Waals surface area contributed by atoms with E-state index in [0.29, 0.717) is 5.92 Å². The van der Waals surface area contributed by atoms with Gasteiger partial charge in [-0.1, -0.05) is 64.7 Å². The van der Waals surface area contributed by atoms with Crippen molar-refractivity contribution in [3.8, 4) is 0 Å². The highest BCUT2D eigenvalue weighted by atomic mass is 14.7. The molecule has 0 bridgehead atoms. The minimum absolute atomic E-state index is 0.583. The first-order valence-corrected chi connectivity index (χ1v) is 7.56. The summed E-state index contributed by atoms with van der Waals surface area (Å²) in [5, 5.41) is 0. The monoisotopic (exact) mass is 249 g/mol. The highest BCUT2D eigenvalue weighted by Gasteiger charge is 2.05. The fourth-order valence-electron chi connectivity index (χ4n) is 1.96. The first kappa shape index (κ1) is 17.2. The molecule has 0 aliphatic heterocycles. The second-order valence-corrected chi connectivity index (χ2v) is 4.97. The standard InChI is InChI=1S/C17H31N/c1-5-7-9-10-11-12-13-15-17(18-4)16(3)14-8-6-2/h11-13,15-16H,5-10,14H2,1-4H3/b12-11-,15-13-,18-17?. The molecular formula is C17H31N. The van der Waals surface area contributed by atoms with E-state index in [1.165, 1.54) is 50.7 Å². The lowest BCUT2D eigenvalue weighted by Crippen LogP contribution is -2.08. The van der Waals surface area contributed by atoms with Gasteiger partial charge in [0.05, 0.1) is 0 Å². The Morgan fingerprint density at radius 2 is 1.78 bits per heavy atom. The van der Waals surface area contributed by atoms with Crippen LogP contribution in [0.15, 0.2) is 29.3 Å². The van der Waals surface area contributed by atoms with Crippen LogP contribution in [0.3, 0.4) is 0 Å². The Morgan fingerprint density at radius 3 is 2.39 bits per heavy atom. The minimum Gasteiger partial charge on any atom is -0.293 e. The predicted molar refractivity (Wildman–Crippen MR) is 84.5 cm³/mol. The molecule has 1 atom stereocenters. The molecule has 1 unspecified atom stereocenters. The van der Waals surface area contributed by atoms with Crippen molar-refractivity contribution in [2.45, 2.75) is 65.7 Å². The molecule has 0 aromatic carbocycles. The van der Waals surface area contributed by atoms with Crippen LogP contribution in [0.2, 0.25) is 0 Å². The largest absolute Gasteiger partial charge is 0.293 e. The fraction of sp³-hybridized carbons (Fsp3) is 0.706. The maximum Gasteiger partial charge on any atom is 0.0373 e. The van der Waals surface area contributed by atoms with E-state index in [2.05, 4.69) is 50.1 Å². The van der Waals surface area contributed by atoms with Crippen LogP contribution in [0.1, 0.15) is 65.7 Å². The lowest BCUT2D eigenvalue weighted by atomic mass is 9.98. The van der Waals surface area contributed by atoms with Gasteiger partial charge in [-0.25, -0.2) is 0 Å². The zero-order valence-electron chi connectivity index (χ0n) is 12.8. The second-order valence-electron chi connectivity index (χ2n) is 4.97. The van der Waals surface area contributed by atoms with Gasteiger partial charge in [-0.05, 0) is 31.3 Å². The van der Waals surface area contributed by atoms with Gasteiger partial charge in [0.2, 0.25) is 0 Å². The lowest BCUT2D eigenvalue weighted by Gasteiger charge is -2.09. The van der Waals surface area contributed by atoms with Crippen molar-refractivity contribution in [1.29, 1.82) is 0 Å². The number of hydrogen-bond acceptors (Lipinski definition) is 1. The normalized spacial score (nSPS) is 14.8. The number of allylic oxidation sites excluding steroid dienone is 4. The van der Waals surface area contributed by atoms with Crippen LogP contribution in [-0.4, -0.2) is 12.8 Å². The quantitative estimate of drug-likeness (QED) is 0.272. The third kappa shape index (κ3) is 9.21. The van der Waals surface area contributed by atoms with Gasteiger partial charge in [-0.15, -0.1) is 0 Å². The lowest BCUT2D eigenvalue weighted by molar-refractivity contribution is 0.625. The molecule has 0 rings (SSSR count). The molecule has 1 nitrogen and oxygen atoms in total. The Balaban J connectivity index is 3.97. The van der Waals surface area contributed by atoms with E-state index in [0.717, 1.165) is 0 Å². The van der Waals surface area contributed by atoms with E-state index in [1.807, 2.05) is 7.05 Å². The van der Waals surface area contributed by atoms with Gasteiger partial charge < -0.3 is 0 Å². The van der Waals surface area contributed by atoms with Crippen molar-refractivity contribution in [3.05, 3.63) is 24.3 Å². The Hall–Kier alpha value is -0.850. The zero-order chi connectivity index (χ0) is 13.6. The van der Waals surface area contributed by atoms with Crippen LogP contribution in [0, 0.1) is 5.92 Å². The van der Waals surface area contributed by atoms with Crippen molar-refractivity contribution in [3.63, 3.8) is 0 Å². The van der Waals surface area contributed by atoms with Crippen molar-refractivity contribution in [2.75, 3.05) is 7.05 Å². The molecule has 0 spiro atoms. The zero-order valence-corrected chi connectivity index (χ0v) is 12.8. The average Bonchev–Trinajstić information content (AvgIpc) is 2.39. The summed E-state index contributed by atoms with van der Waals surface area (Å²) in [6, 6.07) is 0. The molecule has 0 aliphatic rings. The van der Waals surface area contributed by atoms with Gasteiger partial charge >= 0.3 is 0 Å². The SMILES string of the molecule is CCCCC/C=C\C=C/C(=NC)C(C)CCCC. The molecule has 0 saturated heterocycles. The van der Waals surface area contributed by atoms with E-state index in [1.54, 1.807) is 0 Å². The maximum atomic E-state index is 4.38. The van der Waals surface area contributed by atoms with Gasteiger partial charge in [0.1, 0.15) is 0 Å². The van der Waals surface area contributed by atoms with Crippen molar-refractivity contribution >= 4 is 5.71 Å². The molecular weight excluding hydrogens is 218 g/mol. The van der Waals surface area contributed by atoms with E-state index in [9.17, 15) is 0 Å². The Kier molecular flexibility index (Phi) is 12.0. The first-order valence-electron chi connectivity index (χ1n) is 7.56. The summed E-state index contributed by atoms with van der Waals surface area (Å²) in [5.41, 5.74) is 1.22. The smallest absolute Gasteiger partial charge is 0.0373 e. The van der Waals surface area contributed by atoms with Gasteiger partial charge in [0, 0.05) is 12.8 Å². The van der Waals surface area contributed by atoms with Crippen LogP contribution in [0.25, 0.3) is 0 Å². The Labute approximate surface area is 114 Å². The Bertz CT molecular complexity index is 261. The molecule has 0 N–H and O–H groups in total. The van der Waals surface area contributed by atoms with E-state index < -0.39 is 0 Å². The van der Waals surface area contributed by atoms with Gasteiger partial charge in [-0.2, -0.15) is 0 Å². The molecule has 0 aromatic heterocycles. The second kappa shape index (κ2) is 12.6. The fourth-order valence-corrected chi connectivity index (χ4v) is 1.96. The molecule has 0 aromatic rings. The summed E-state index contributed by atoms with van der Waals surface area (Å²) >= 11 is 0. The third-order valence-corrected chi connectivity index (χ3v) is 3.24. The van der Waals surface area contributed by atoms with E-state index in [-0.39, 0.29) is 0 Å². The molecule has 18 heavy (non-hydrogen) atoms. The molecule has 0 radical (unpaired) electrons. The van der Waals surface area contributed by atoms with Crippen LogP contribution < -0.4 is 0 Å². The van der Waals surface area contributed by atoms with Gasteiger partial charge in [0.15, 0.2) is 0 Å². The summed E-state index contributed by atoms with van der Waals surface area (Å²) in [6.07, 6.45) is 17.7. The summed E-state index contributed by atoms with van der Waals surface area (Å²) in [7, 11) is 1.90. The van der Waals surface area contributed by atoms with Crippen LogP contribution in [0.4, 0.5) is 0 Å². The average molecular weight is 249 g/mol. The van der Waals surface area contributed by atoms with Crippen LogP contribution in [-0.2, 0) is 0 Å². The third-order valence-electron chi connectivity index (χ3n) is 3.24. The number of nitrogens with zero attached hydrogens (tertiary/aromatic N) is 1. The van der Waals surface area contributed by atoms with E-state index in [4.69, 9.17) is 0 Å². The predicted octanol–water partition coefficient (Wildman–Crippen LogP) is 5.58. The van der Waals surface area contributed by atoms with Crippen molar-refractivity contribution in [1.82, 2.24) is 0 Å². The molecule has 1 heteroatoms. The number of unbranched alkanes of at least 4 members (excludes halogenated alkanes) is 4. The number of aliphatic imine (C=N–C) groups is 1. The molecule has 0 aliphatic carbocycles. The highest BCUT2D eigenvalue weighted by molar-refractivity contribution is 5.96. The van der Waals surface area contributed by atoms with Crippen molar-refractivity contribution < 1.29 is 0 Å². The highest BCUT2D eigenvalue weighted by Crippen LogP contribution is 2.10. The molecule has 0 amide bonds. The van der Waals surface area contributed by atoms with Crippen molar-refractivity contribution in [2.24, 2.45) is 10.9 Å². The summed E-state index contributed by atoms with van der Waals surface area (Å²) < 4.78 is 0. The first-order chi connectivity index (χ1) is 8.76. The number of rotatable bonds is 10. The van der Waals surface area contributed by atoms with Gasteiger partial charge in [0.25, 0.3) is 0 Å². The molecule has 0 saturated carbocycles. The molecule has 0 heterocycles. The van der Waals surface area contributed by atoms with Crippen LogP contribution in [0.5, 0.6) is 0 Å². The summed E-state index contributed by atoms with van der Waals surface area (Å²) in [5.74, 6) is 0.583. The maximum absolute atomic E-state index is 4.38. The number of hydrogen-bond donors (Lipinski definition) is 0.